The highest BCUT2D eigenvalue weighted by Crippen LogP contribution is 2.39. The largest absolute Gasteiger partial charge is 0.497 e. The molecular weight excluding hydrogens is 370 g/mol. The summed E-state index contributed by atoms with van der Waals surface area (Å²) in [4.78, 5) is 15.3. The van der Waals surface area contributed by atoms with Crippen molar-refractivity contribution < 1.29 is 9.53 Å². The van der Waals surface area contributed by atoms with Gasteiger partial charge < -0.3 is 9.64 Å². The minimum Gasteiger partial charge on any atom is -0.497 e. The van der Waals surface area contributed by atoms with Gasteiger partial charge in [0.2, 0.25) is 0 Å². The zero-order chi connectivity index (χ0) is 19.7. The van der Waals surface area contributed by atoms with Crippen molar-refractivity contribution in [3.63, 3.8) is 0 Å². The highest BCUT2D eigenvalue weighted by Gasteiger charge is 2.32. The molecule has 0 bridgehead atoms. The monoisotopic (exact) mass is 393 g/mol. The Morgan fingerprint density at radius 3 is 2.71 bits per heavy atom. The Kier molecular flexibility index (Phi) is 5.13. The molecule has 0 radical (unpaired) electrons. The number of methoxy groups -OCH3 is 1. The van der Waals surface area contributed by atoms with Crippen LogP contribution in [0.2, 0.25) is 0 Å². The lowest BCUT2D eigenvalue weighted by Crippen LogP contribution is -2.31. The van der Waals surface area contributed by atoms with E-state index >= 15 is 0 Å². The number of rotatable bonds is 4. The lowest BCUT2D eigenvalue weighted by atomic mass is 10.1. The topological polar surface area (TPSA) is 47.4 Å². The number of aryl methyl sites for hydroxylation is 2. The SMILES string of the molecule is COc1cccc(-c2cc(C(=O)N3CCSC3c3ccc(C)cc3)n(C)n2)c1. The van der Waals surface area contributed by atoms with Crippen LogP contribution >= 0.6 is 11.8 Å². The van der Waals surface area contributed by atoms with Crippen LogP contribution in [0.25, 0.3) is 11.3 Å². The lowest BCUT2D eigenvalue weighted by molar-refractivity contribution is 0.0749. The second kappa shape index (κ2) is 7.72. The summed E-state index contributed by atoms with van der Waals surface area (Å²) < 4.78 is 6.97. The molecule has 28 heavy (non-hydrogen) atoms. The molecule has 3 aromatic rings. The molecule has 1 aliphatic heterocycles. The van der Waals surface area contributed by atoms with Crippen LogP contribution in [0.3, 0.4) is 0 Å². The van der Waals surface area contributed by atoms with Gasteiger partial charge in [-0.1, -0.05) is 42.0 Å². The van der Waals surface area contributed by atoms with Crippen LogP contribution in [0.4, 0.5) is 0 Å². The molecule has 0 spiro atoms. The summed E-state index contributed by atoms with van der Waals surface area (Å²) in [5.41, 5.74) is 4.68. The Morgan fingerprint density at radius 2 is 1.96 bits per heavy atom. The Labute approximate surface area is 169 Å². The van der Waals surface area contributed by atoms with Crippen LogP contribution in [0.1, 0.15) is 27.0 Å². The van der Waals surface area contributed by atoms with Gasteiger partial charge >= 0.3 is 0 Å². The first-order chi connectivity index (χ1) is 13.6. The fraction of sp³-hybridized carbons (Fsp3) is 0.273. The number of carbonyl (C=O) groups is 1. The van der Waals surface area contributed by atoms with E-state index in [9.17, 15) is 4.79 Å². The first-order valence-corrected chi connectivity index (χ1v) is 10.3. The molecule has 2 heterocycles. The third-order valence-electron chi connectivity index (χ3n) is 4.98. The van der Waals surface area contributed by atoms with Crippen LogP contribution in [0.5, 0.6) is 5.75 Å². The Morgan fingerprint density at radius 1 is 1.18 bits per heavy atom. The average molecular weight is 394 g/mol. The number of ether oxygens (including phenoxy) is 1. The summed E-state index contributed by atoms with van der Waals surface area (Å²) in [6.45, 7) is 2.81. The van der Waals surface area contributed by atoms with Crippen molar-refractivity contribution in [3.05, 3.63) is 71.4 Å². The van der Waals surface area contributed by atoms with Crippen LogP contribution < -0.4 is 4.74 Å². The van der Waals surface area contributed by atoms with Crippen molar-refractivity contribution in [2.75, 3.05) is 19.4 Å². The number of hydrogen-bond donors (Lipinski definition) is 0. The molecule has 1 fully saturated rings. The Bertz CT molecular complexity index is 997. The normalized spacial score (nSPS) is 16.4. The van der Waals surface area contributed by atoms with Crippen LogP contribution in [0, 0.1) is 6.92 Å². The van der Waals surface area contributed by atoms with Gasteiger partial charge in [0.25, 0.3) is 5.91 Å². The Hall–Kier alpha value is -2.73. The van der Waals surface area contributed by atoms with Gasteiger partial charge in [0.15, 0.2) is 0 Å². The van der Waals surface area contributed by atoms with Crippen LogP contribution in [-0.2, 0) is 7.05 Å². The second-order valence-electron chi connectivity index (χ2n) is 6.90. The molecule has 1 aliphatic rings. The third-order valence-corrected chi connectivity index (χ3v) is 6.24. The van der Waals surface area contributed by atoms with Crippen molar-refractivity contribution in [1.29, 1.82) is 0 Å². The van der Waals surface area contributed by atoms with E-state index < -0.39 is 0 Å². The first kappa shape index (κ1) is 18.6. The molecule has 0 N–H and O–H groups in total. The fourth-order valence-electron chi connectivity index (χ4n) is 3.42. The van der Waals surface area contributed by atoms with Gasteiger partial charge in [0, 0.05) is 24.9 Å². The average Bonchev–Trinajstić information content (AvgIpc) is 3.35. The zero-order valence-electron chi connectivity index (χ0n) is 16.3. The maximum absolute atomic E-state index is 13.3. The van der Waals surface area contributed by atoms with Gasteiger partial charge in [-0.05, 0) is 30.7 Å². The van der Waals surface area contributed by atoms with Crippen LogP contribution in [0.15, 0.2) is 54.6 Å². The highest BCUT2D eigenvalue weighted by molar-refractivity contribution is 7.99. The van der Waals surface area contributed by atoms with Crippen molar-refractivity contribution in [2.24, 2.45) is 7.05 Å². The standard InChI is InChI=1S/C22H23N3O2S/c1-15-7-9-16(10-8-15)22-25(11-12-28-22)21(26)20-14-19(23-24(20)2)17-5-4-6-18(13-17)27-3/h4-10,13-14,22H,11-12H2,1-3H3. The van der Waals surface area contributed by atoms with E-state index in [-0.39, 0.29) is 11.3 Å². The molecule has 144 valence electrons. The van der Waals surface area contributed by atoms with Gasteiger partial charge in [-0.3, -0.25) is 9.48 Å². The molecule has 1 aromatic heterocycles. The van der Waals surface area contributed by atoms with Gasteiger partial charge in [0.05, 0.1) is 12.8 Å². The van der Waals surface area contributed by atoms with Gasteiger partial charge in [-0.25, -0.2) is 0 Å². The van der Waals surface area contributed by atoms with Crippen LogP contribution in [-0.4, -0.2) is 40.0 Å². The number of thioether (sulfide) groups is 1. The maximum atomic E-state index is 13.3. The predicted molar refractivity (Wildman–Crippen MR) is 113 cm³/mol. The fourth-order valence-corrected chi connectivity index (χ4v) is 4.68. The smallest absolute Gasteiger partial charge is 0.273 e. The number of nitrogens with zero attached hydrogens (tertiary/aromatic N) is 3. The molecule has 0 aliphatic carbocycles. The highest BCUT2D eigenvalue weighted by atomic mass is 32.2. The van der Waals surface area contributed by atoms with E-state index in [1.807, 2.05) is 42.3 Å². The summed E-state index contributed by atoms with van der Waals surface area (Å²) in [7, 11) is 3.46. The predicted octanol–water partition coefficient (Wildman–Crippen LogP) is 4.29. The molecule has 6 heteroatoms. The minimum atomic E-state index is 0.0136. The number of benzene rings is 2. The van der Waals surface area contributed by atoms with E-state index in [1.165, 1.54) is 5.56 Å². The van der Waals surface area contributed by atoms with E-state index in [1.54, 1.807) is 23.6 Å². The van der Waals surface area contributed by atoms with E-state index in [0.717, 1.165) is 34.9 Å². The zero-order valence-corrected chi connectivity index (χ0v) is 17.1. The first-order valence-electron chi connectivity index (χ1n) is 9.24. The number of carbonyl (C=O) groups excluding carboxylic acids is 1. The summed E-state index contributed by atoms with van der Waals surface area (Å²) in [6.07, 6.45) is 0. The Balaban J connectivity index is 1.62. The van der Waals surface area contributed by atoms with E-state index in [0.29, 0.717) is 5.69 Å². The van der Waals surface area contributed by atoms with Crippen molar-refractivity contribution in [3.8, 4) is 17.0 Å². The van der Waals surface area contributed by atoms with Crippen molar-refractivity contribution >= 4 is 17.7 Å². The summed E-state index contributed by atoms with van der Waals surface area (Å²) in [6, 6.07) is 18.0. The second-order valence-corrected chi connectivity index (χ2v) is 8.09. The minimum absolute atomic E-state index is 0.0136. The molecule has 1 amide bonds. The molecule has 5 nitrogen and oxygen atoms in total. The molecule has 2 aromatic carbocycles. The quantitative estimate of drug-likeness (QED) is 0.663. The maximum Gasteiger partial charge on any atom is 0.273 e. The molecule has 1 saturated heterocycles. The van der Waals surface area contributed by atoms with Gasteiger partial charge in [-0.2, -0.15) is 5.10 Å². The van der Waals surface area contributed by atoms with E-state index in [2.05, 4.69) is 36.3 Å². The van der Waals surface area contributed by atoms with E-state index in [4.69, 9.17) is 4.74 Å². The number of hydrogen-bond acceptors (Lipinski definition) is 4. The summed E-state index contributed by atoms with van der Waals surface area (Å²) >= 11 is 1.81. The number of amides is 1. The van der Waals surface area contributed by atoms with Gasteiger partial charge in [-0.15, -0.1) is 11.8 Å². The number of aromatic nitrogens is 2. The summed E-state index contributed by atoms with van der Waals surface area (Å²) in [5, 5.41) is 4.61. The third kappa shape index (κ3) is 3.52. The summed E-state index contributed by atoms with van der Waals surface area (Å²) in [5.74, 6) is 1.72. The van der Waals surface area contributed by atoms with Crippen molar-refractivity contribution in [1.82, 2.24) is 14.7 Å². The van der Waals surface area contributed by atoms with Gasteiger partial charge in [0.1, 0.15) is 16.8 Å². The molecule has 0 saturated carbocycles. The molecule has 1 unspecified atom stereocenters. The van der Waals surface area contributed by atoms with Crippen molar-refractivity contribution in [2.45, 2.75) is 12.3 Å². The molecule has 4 rings (SSSR count). The molecular formula is C22H23N3O2S. The lowest BCUT2D eigenvalue weighted by Gasteiger charge is -2.24. The molecule has 1 atom stereocenters.